The van der Waals surface area contributed by atoms with E-state index in [1.807, 2.05) is 33.9 Å². The van der Waals surface area contributed by atoms with Gasteiger partial charge in [0.1, 0.15) is 0 Å². The zero-order valence-corrected chi connectivity index (χ0v) is 12.0. The molecule has 1 unspecified atom stereocenters. The smallest absolute Gasteiger partial charge is 0.157 e. The average molecular weight is 251 g/mol. The van der Waals surface area contributed by atoms with Crippen molar-refractivity contribution in [3.05, 3.63) is 24.8 Å². The molecule has 0 aliphatic rings. The summed E-state index contributed by atoms with van der Waals surface area (Å²) in [4.78, 5) is 24.8. The topological polar surface area (TPSA) is 37.4 Å². The number of allylic oxidation sites excluding steroid dienone is 2. The zero-order chi connectivity index (χ0) is 14.1. The fraction of sp³-hybridized carbons (Fsp3) is 0.600. The van der Waals surface area contributed by atoms with Crippen LogP contribution in [0.25, 0.3) is 0 Å². The highest BCUT2D eigenvalue weighted by atomic mass is 16.1. The summed E-state index contributed by atoms with van der Waals surface area (Å²) >= 11 is 0. The highest BCUT2D eigenvalue weighted by Gasteiger charge is 2.09. The molecule has 0 spiro atoms. The third kappa shape index (κ3) is 7.17. The van der Waals surface area contributed by atoms with Crippen LogP contribution >= 0.6 is 0 Å². The second kappa shape index (κ2) is 8.81. The van der Waals surface area contributed by atoms with Crippen molar-refractivity contribution in [1.29, 1.82) is 0 Å². The summed E-state index contributed by atoms with van der Waals surface area (Å²) in [5.41, 5.74) is 0. The van der Waals surface area contributed by atoms with Gasteiger partial charge in [0.05, 0.1) is 0 Å². The lowest BCUT2D eigenvalue weighted by Crippen LogP contribution is -2.23. The molecule has 0 amide bonds. The summed E-state index contributed by atoms with van der Waals surface area (Å²) in [7, 11) is 1.98. The van der Waals surface area contributed by atoms with Crippen LogP contribution in [0.4, 0.5) is 0 Å². The molecule has 1 atom stereocenters. The second-order valence-electron chi connectivity index (χ2n) is 5.02. The number of rotatable bonds is 9. The number of likely N-dealkylation sites (N-methyl/N-ethyl adjacent to an activating group) is 1. The van der Waals surface area contributed by atoms with Crippen molar-refractivity contribution in [3.63, 3.8) is 0 Å². The Labute approximate surface area is 111 Å². The number of hydrogen-bond donors (Lipinski definition) is 0. The Bertz CT molecular complexity index is 318. The molecule has 0 saturated heterocycles. The summed E-state index contributed by atoms with van der Waals surface area (Å²) in [5.74, 6) is 0.315. The minimum atomic E-state index is 0.0197. The van der Waals surface area contributed by atoms with Gasteiger partial charge in [-0.2, -0.15) is 0 Å². The number of carbonyl (C=O) groups excluding carboxylic acids is 2. The van der Waals surface area contributed by atoms with Crippen molar-refractivity contribution < 1.29 is 9.59 Å². The summed E-state index contributed by atoms with van der Waals surface area (Å²) in [5, 5.41) is 0. The molecular weight excluding hydrogens is 226 g/mol. The third-order valence-corrected chi connectivity index (χ3v) is 2.90. The second-order valence-corrected chi connectivity index (χ2v) is 5.02. The Balaban J connectivity index is 3.91. The summed E-state index contributed by atoms with van der Waals surface area (Å²) in [6.45, 7) is 10.7. The molecule has 0 aliphatic heterocycles. The first-order valence-corrected chi connectivity index (χ1v) is 6.43. The van der Waals surface area contributed by atoms with Crippen molar-refractivity contribution in [2.24, 2.45) is 11.8 Å². The number of nitrogens with zero attached hydrogens (tertiary/aromatic N) is 1. The lowest BCUT2D eigenvalue weighted by atomic mass is 10.0. The molecule has 0 radical (unpaired) electrons. The van der Waals surface area contributed by atoms with Crippen LogP contribution in [-0.2, 0) is 9.59 Å². The van der Waals surface area contributed by atoms with Crippen LogP contribution in [0.15, 0.2) is 24.8 Å². The Hall–Kier alpha value is -1.22. The van der Waals surface area contributed by atoms with Crippen LogP contribution < -0.4 is 0 Å². The van der Waals surface area contributed by atoms with Crippen LogP contribution in [0, 0.1) is 11.8 Å². The summed E-state index contributed by atoms with van der Waals surface area (Å²) < 4.78 is 0. The molecule has 0 aliphatic carbocycles. The molecule has 0 aromatic heterocycles. The van der Waals surface area contributed by atoms with E-state index in [4.69, 9.17) is 0 Å². The minimum absolute atomic E-state index is 0.0197. The van der Waals surface area contributed by atoms with Gasteiger partial charge >= 0.3 is 0 Å². The quantitative estimate of drug-likeness (QED) is 0.591. The first-order chi connectivity index (χ1) is 8.38. The number of ketones is 2. The van der Waals surface area contributed by atoms with E-state index in [0.29, 0.717) is 0 Å². The molecule has 102 valence electrons. The molecule has 3 heteroatoms. The SMILES string of the molecule is C=CC(=O)C(C)CCN(C)C/C=C/C(=O)C(C)C. The molecular formula is C15H25NO2. The van der Waals surface area contributed by atoms with Gasteiger partial charge in [0, 0.05) is 18.4 Å². The van der Waals surface area contributed by atoms with Crippen molar-refractivity contribution in [3.8, 4) is 0 Å². The van der Waals surface area contributed by atoms with Gasteiger partial charge in [0.25, 0.3) is 0 Å². The van der Waals surface area contributed by atoms with Gasteiger partial charge in [-0.15, -0.1) is 0 Å². The maximum Gasteiger partial charge on any atom is 0.157 e. The lowest BCUT2D eigenvalue weighted by molar-refractivity contribution is -0.118. The summed E-state index contributed by atoms with van der Waals surface area (Å²) in [6, 6.07) is 0. The van der Waals surface area contributed by atoms with Gasteiger partial charge < -0.3 is 4.90 Å². The van der Waals surface area contributed by atoms with E-state index in [1.165, 1.54) is 6.08 Å². The Morgan fingerprint density at radius 3 is 2.33 bits per heavy atom. The fourth-order valence-corrected chi connectivity index (χ4v) is 1.39. The predicted octanol–water partition coefficient (Wildman–Crippen LogP) is 2.48. The Morgan fingerprint density at radius 2 is 1.83 bits per heavy atom. The average Bonchev–Trinajstić information content (AvgIpc) is 2.34. The van der Waals surface area contributed by atoms with Crippen LogP contribution in [0.2, 0.25) is 0 Å². The molecule has 0 N–H and O–H groups in total. The molecule has 0 rings (SSSR count). The van der Waals surface area contributed by atoms with E-state index in [2.05, 4.69) is 11.5 Å². The molecule has 0 heterocycles. The van der Waals surface area contributed by atoms with Gasteiger partial charge in [-0.05, 0) is 32.2 Å². The number of carbonyl (C=O) groups is 2. The van der Waals surface area contributed by atoms with Gasteiger partial charge in [-0.25, -0.2) is 0 Å². The monoisotopic (exact) mass is 251 g/mol. The third-order valence-electron chi connectivity index (χ3n) is 2.90. The van der Waals surface area contributed by atoms with E-state index in [0.717, 1.165) is 19.5 Å². The van der Waals surface area contributed by atoms with Gasteiger partial charge in [0.15, 0.2) is 11.6 Å². The van der Waals surface area contributed by atoms with Crippen LogP contribution in [0.1, 0.15) is 27.2 Å². The van der Waals surface area contributed by atoms with Gasteiger partial charge in [0.2, 0.25) is 0 Å². The molecule has 18 heavy (non-hydrogen) atoms. The maximum atomic E-state index is 11.4. The molecule has 0 bridgehead atoms. The normalized spacial score (nSPS) is 13.2. The maximum absolute atomic E-state index is 11.4. The molecule has 0 aromatic carbocycles. The molecule has 0 saturated carbocycles. The van der Waals surface area contributed by atoms with Gasteiger partial charge in [-0.1, -0.05) is 33.4 Å². The highest BCUT2D eigenvalue weighted by molar-refractivity contribution is 5.91. The van der Waals surface area contributed by atoms with Crippen molar-refractivity contribution >= 4 is 11.6 Å². The van der Waals surface area contributed by atoms with E-state index in [9.17, 15) is 9.59 Å². The van der Waals surface area contributed by atoms with Crippen LogP contribution in [0.5, 0.6) is 0 Å². The molecule has 3 nitrogen and oxygen atoms in total. The standard InChI is InChI=1S/C15H25NO2/c1-6-14(17)13(4)9-11-16(5)10-7-8-15(18)12(2)3/h6-8,12-13H,1,9-11H2,2-5H3/b8-7+. The van der Waals surface area contributed by atoms with E-state index >= 15 is 0 Å². The fourth-order valence-electron chi connectivity index (χ4n) is 1.39. The van der Waals surface area contributed by atoms with Crippen molar-refractivity contribution in [2.75, 3.05) is 20.1 Å². The zero-order valence-electron chi connectivity index (χ0n) is 12.0. The predicted molar refractivity (Wildman–Crippen MR) is 75.5 cm³/mol. The first kappa shape index (κ1) is 16.8. The van der Waals surface area contributed by atoms with E-state index < -0.39 is 0 Å². The molecule has 0 fully saturated rings. The van der Waals surface area contributed by atoms with Crippen molar-refractivity contribution in [1.82, 2.24) is 4.90 Å². The number of hydrogen-bond acceptors (Lipinski definition) is 3. The summed E-state index contributed by atoms with van der Waals surface area (Å²) in [6.07, 6.45) is 5.71. The van der Waals surface area contributed by atoms with Crippen LogP contribution in [-0.4, -0.2) is 36.6 Å². The van der Waals surface area contributed by atoms with E-state index in [1.54, 1.807) is 6.08 Å². The first-order valence-electron chi connectivity index (χ1n) is 6.43. The highest BCUT2D eigenvalue weighted by Crippen LogP contribution is 2.05. The van der Waals surface area contributed by atoms with E-state index in [-0.39, 0.29) is 23.4 Å². The minimum Gasteiger partial charge on any atom is -0.303 e. The lowest BCUT2D eigenvalue weighted by Gasteiger charge is -2.16. The Morgan fingerprint density at radius 1 is 1.22 bits per heavy atom. The Kier molecular flexibility index (Phi) is 8.21. The van der Waals surface area contributed by atoms with Crippen LogP contribution in [0.3, 0.4) is 0 Å². The molecule has 0 aromatic rings. The van der Waals surface area contributed by atoms with Gasteiger partial charge in [-0.3, -0.25) is 9.59 Å². The van der Waals surface area contributed by atoms with Crippen molar-refractivity contribution in [2.45, 2.75) is 27.2 Å². The largest absolute Gasteiger partial charge is 0.303 e.